The number of carbonyl (C=O) groups excluding carboxylic acids is 1. The van der Waals surface area contributed by atoms with Crippen LogP contribution in [0.5, 0.6) is 0 Å². The molecule has 3 aromatic carbocycles. The van der Waals surface area contributed by atoms with E-state index in [1.165, 1.54) is 11.5 Å². The number of hydrogen-bond acceptors (Lipinski definition) is 4. The Balaban J connectivity index is 0.00000117. The van der Waals surface area contributed by atoms with Crippen molar-refractivity contribution < 1.29 is 10.0 Å². The van der Waals surface area contributed by atoms with Gasteiger partial charge in [0.2, 0.25) is 0 Å². The van der Waals surface area contributed by atoms with E-state index in [1.54, 1.807) is 21.6 Å². The second-order valence-corrected chi connectivity index (χ2v) is 7.18. The summed E-state index contributed by atoms with van der Waals surface area (Å²) in [6.45, 7) is 4.42. The first kappa shape index (κ1) is 20.5. The highest BCUT2D eigenvalue weighted by molar-refractivity contribution is 7.13. The lowest BCUT2D eigenvalue weighted by Gasteiger charge is -2.11. The van der Waals surface area contributed by atoms with Gasteiger partial charge in [-0.15, -0.1) is 0 Å². The molecule has 1 heterocycles. The quantitative estimate of drug-likeness (QED) is 0.373. The van der Waals surface area contributed by atoms with Crippen LogP contribution in [0.4, 0.5) is 0 Å². The third-order valence-corrected chi connectivity index (χ3v) is 5.46. The van der Waals surface area contributed by atoms with Gasteiger partial charge in [0.25, 0.3) is 11.5 Å². The maximum atomic E-state index is 12.6. The van der Waals surface area contributed by atoms with Crippen molar-refractivity contribution in [1.29, 1.82) is 0 Å². The number of fused-ring (bicyclic) bond motifs is 1. The van der Waals surface area contributed by atoms with Gasteiger partial charge >= 0.3 is 0 Å². The molecule has 0 aliphatic carbocycles. The van der Waals surface area contributed by atoms with E-state index in [0.29, 0.717) is 23.1 Å². The normalized spacial score (nSPS) is 10.3. The summed E-state index contributed by atoms with van der Waals surface area (Å²) in [5, 5.41) is 9.75. The lowest BCUT2D eigenvalue weighted by molar-refractivity contribution is 0.0707. The fraction of sp³-hybridized carbons (Fsp3) is 0.130. The molecule has 0 fully saturated rings. The number of nitrogens with zero attached hydrogens (tertiary/aromatic N) is 1. The lowest BCUT2D eigenvalue weighted by atomic mass is 9.97. The van der Waals surface area contributed by atoms with Crippen LogP contribution in [0.1, 0.15) is 29.8 Å². The molecule has 0 unspecified atom stereocenters. The number of aromatic nitrogens is 1. The Hall–Kier alpha value is -3.22. The highest BCUT2D eigenvalue weighted by atomic mass is 32.1. The fourth-order valence-corrected chi connectivity index (χ4v) is 4.12. The van der Waals surface area contributed by atoms with Crippen molar-refractivity contribution in [1.82, 2.24) is 9.44 Å². The van der Waals surface area contributed by atoms with Crippen molar-refractivity contribution in [2.75, 3.05) is 0 Å². The number of nitrogens with one attached hydrogen (secondary N) is 1. The number of benzene rings is 3. The topological polar surface area (TPSA) is 71.3 Å². The van der Waals surface area contributed by atoms with E-state index < -0.39 is 5.91 Å². The molecule has 4 rings (SSSR count). The van der Waals surface area contributed by atoms with Crippen LogP contribution < -0.4 is 11.0 Å². The van der Waals surface area contributed by atoms with Gasteiger partial charge in [0, 0.05) is 5.56 Å². The Morgan fingerprint density at radius 3 is 2.38 bits per heavy atom. The summed E-state index contributed by atoms with van der Waals surface area (Å²) < 4.78 is 2.66. The SMILES string of the molecule is CC.O=C(NO)c1ccc(Cn2sc3ccccc3c2=O)cc1-c1ccccc1. The zero-order valence-corrected chi connectivity index (χ0v) is 17.1. The highest BCUT2D eigenvalue weighted by Crippen LogP contribution is 2.26. The predicted molar refractivity (Wildman–Crippen MR) is 118 cm³/mol. The molecule has 148 valence electrons. The highest BCUT2D eigenvalue weighted by Gasteiger charge is 2.14. The van der Waals surface area contributed by atoms with Crippen LogP contribution in [0.2, 0.25) is 0 Å². The first-order valence-corrected chi connectivity index (χ1v) is 10.2. The first-order chi connectivity index (χ1) is 14.2. The van der Waals surface area contributed by atoms with Gasteiger partial charge in [-0.25, -0.2) is 5.48 Å². The molecule has 1 aromatic heterocycles. The Kier molecular flexibility index (Phi) is 6.59. The molecule has 5 nitrogen and oxygen atoms in total. The minimum absolute atomic E-state index is 0.0194. The van der Waals surface area contributed by atoms with Crippen LogP contribution in [0.3, 0.4) is 0 Å². The van der Waals surface area contributed by atoms with Crippen LogP contribution in [0, 0.1) is 0 Å². The van der Waals surface area contributed by atoms with Crippen molar-refractivity contribution in [3.8, 4) is 11.1 Å². The smallest absolute Gasteiger partial charge is 0.275 e. The molecule has 0 atom stereocenters. The van der Waals surface area contributed by atoms with Crippen LogP contribution in [0.15, 0.2) is 77.6 Å². The van der Waals surface area contributed by atoms with Crippen molar-refractivity contribution in [2.24, 2.45) is 0 Å². The minimum Gasteiger partial charge on any atom is -0.288 e. The second-order valence-electron chi connectivity index (χ2n) is 6.12. The molecule has 2 N–H and O–H groups in total. The molecular formula is C23H22N2O3S. The summed E-state index contributed by atoms with van der Waals surface area (Å²) in [7, 11) is 0. The van der Waals surface area contributed by atoms with Crippen molar-refractivity contribution >= 4 is 27.5 Å². The van der Waals surface area contributed by atoms with Gasteiger partial charge in [-0.3, -0.25) is 18.8 Å². The van der Waals surface area contributed by atoms with E-state index in [2.05, 4.69) is 0 Å². The number of amides is 1. The molecular weight excluding hydrogens is 384 g/mol. The molecule has 6 heteroatoms. The molecule has 0 saturated heterocycles. The van der Waals surface area contributed by atoms with Gasteiger partial charge in [0.15, 0.2) is 0 Å². The first-order valence-electron chi connectivity index (χ1n) is 9.39. The van der Waals surface area contributed by atoms with Gasteiger partial charge in [0.05, 0.1) is 16.6 Å². The third kappa shape index (κ3) is 4.29. The minimum atomic E-state index is -0.570. The monoisotopic (exact) mass is 406 g/mol. The number of carbonyl (C=O) groups is 1. The van der Waals surface area contributed by atoms with E-state index >= 15 is 0 Å². The average Bonchev–Trinajstić information content (AvgIpc) is 3.10. The molecule has 0 aliphatic rings. The number of hydrogen-bond donors (Lipinski definition) is 2. The van der Waals surface area contributed by atoms with Gasteiger partial charge in [-0.1, -0.05) is 73.9 Å². The molecule has 1 amide bonds. The lowest BCUT2D eigenvalue weighted by Crippen LogP contribution is -2.20. The largest absolute Gasteiger partial charge is 0.288 e. The number of hydroxylamine groups is 1. The van der Waals surface area contributed by atoms with Crippen molar-refractivity contribution in [3.05, 3.63) is 94.3 Å². The molecule has 4 aromatic rings. The zero-order valence-electron chi connectivity index (χ0n) is 16.3. The summed E-state index contributed by atoms with van der Waals surface area (Å²) in [5.41, 5.74) is 4.51. The van der Waals surface area contributed by atoms with E-state index in [0.717, 1.165) is 15.8 Å². The van der Waals surface area contributed by atoms with Crippen LogP contribution in [-0.2, 0) is 6.54 Å². The maximum absolute atomic E-state index is 12.6. The van der Waals surface area contributed by atoms with Crippen LogP contribution in [-0.4, -0.2) is 15.1 Å². The Morgan fingerprint density at radius 2 is 1.69 bits per heavy atom. The zero-order chi connectivity index (χ0) is 20.8. The standard InChI is InChI=1S/C21H16N2O3S.C2H6/c24-20(22-26)16-11-10-14(12-18(16)15-6-2-1-3-7-15)13-23-21(25)17-8-4-5-9-19(17)27-23;1-2/h1-12,26H,13H2,(H,22,24);1-2H3. The number of rotatable bonds is 4. The molecule has 0 aliphatic heterocycles. The molecule has 0 spiro atoms. The molecule has 0 radical (unpaired) electrons. The predicted octanol–water partition coefficient (Wildman–Crippen LogP) is 4.92. The van der Waals surface area contributed by atoms with E-state index in [9.17, 15) is 9.59 Å². The summed E-state index contributed by atoms with van der Waals surface area (Å²) in [5.74, 6) is -0.570. The maximum Gasteiger partial charge on any atom is 0.275 e. The van der Waals surface area contributed by atoms with Gasteiger partial charge in [-0.2, -0.15) is 0 Å². The van der Waals surface area contributed by atoms with Crippen LogP contribution >= 0.6 is 11.5 Å². The molecule has 0 saturated carbocycles. The van der Waals surface area contributed by atoms with Crippen molar-refractivity contribution in [2.45, 2.75) is 20.4 Å². The van der Waals surface area contributed by atoms with E-state index in [4.69, 9.17) is 5.21 Å². The summed E-state index contributed by atoms with van der Waals surface area (Å²) in [4.78, 5) is 24.6. The summed E-state index contributed by atoms with van der Waals surface area (Å²) >= 11 is 1.42. The van der Waals surface area contributed by atoms with Gasteiger partial charge in [0.1, 0.15) is 0 Å². The van der Waals surface area contributed by atoms with Gasteiger partial charge in [-0.05, 0) is 41.0 Å². The summed E-state index contributed by atoms with van der Waals surface area (Å²) in [6, 6.07) is 22.4. The third-order valence-electron chi connectivity index (χ3n) is 4.39. The van der Waals surface area contributed by atoms with E-state index in [1.807, 2.05) is 74.5 Å². The van der Waals surface area contributed by atoms with E-state index in [-0.39, 0.29) is 5.56 Å². The van der Waals surface area contributed by atoms with Gasteiger partial charge < -0.3 is 0 Å². The Bertz CT molecular complexity index is 1180. The fourth-order valence-electron chi connectivity index (χ4n) is 3.09. The Morgan fingerprint density at radius 1 is 1.00 bits per heavy atom. The second kappa shape index (κ2) is 9.32. The van der Waals surface area contributed by atoms with Crippen LogP contribution in [0.25, 0.3) is 21.2 Å². The summed E-state index contributed by atoms with van der Waals surface area (Å²) in [6.07, 6.45) is 0. The Labute approximate surface area is 173 Å². The molecule has 29 heavy (non-hydrogen) atoms. The molecule has 0 bridgehead atoms. The van der Waals surface area contributed by atoms with Crippen molar-refractivity contribution in [3.63, 3.8) is 0 Å². The average molecular weight is 407 g/mol.